The van der Waals surface area contributed by atoms with Crippen molar-refractivity contribution in [2.45, 2.75) is 50.9 Å². The lowest BCUT2D eigenvalue weighted by atomic mass is 9.67. The predicted molar refractivity (Wildman–Crippen MR) is 79.4 cm³/mol. The Hall–Kier alpha value is -1.58. The molecule has 2 heterocycles. The number of rotatable bonds is 1. The minimum absolute atomic E-state index is 0.561. The second-order valence-corrected chi connectivity index (χ2v) is 6.56. The van der Waals surface area contributed by atoms with Crippen molar-refractivity contribution >= 4 is 11.3 Å². The highest BCUT2D eigenvalue weighted by atomic mass is 15.2. The summed E-state index contributed by atoms with van der Waals surface area (Å²) < 4.78 is 2.10. The lowest BCUT2D eigenvalue weighted by molar-refractivity contribution is 0.152. The third kappa shape index (κ3) is 1.98. The van der Waals surface area contributed by atoms with Gasteiger partial charge in [-0.3, -0.25) is 4.40 Å². The first kappa shape index (κ1) is 12.2. The molecule has 2 aromatic heterocycles. The summed E-state index contributed by atoms with van der Waals surface area (Å²) >= 11 is 0. The van der Waals surface area contributed by atoms with Crippen molar-refractivity contribution in [3.8, 4) is 0 Å². The van der Waals surface area contributed by atoms with Crippen LogP contribution in [0.25, 0.3) is 5.65 Å². The van der Waals surface area contributed by atoms with Crippen LogP contribution in [0.4, 0.5) is 5.69 Å². The van der Waals surface area contributed by atoms with Crippen molar-refractivity contribution in [3.63, 3.8) is 0 Å². The van der Waals surface area contributed by atoms with Crippen LogP contribution in [0.15, 0.2) is 18.3 Å². The summed E-state index contributed by atoms with van der Waals surface area (Å²) in [5.74, 6) is 3.57. The first-order chi connectivity index (χ1) is 9.81. The molecule has 0 saturated heterocycles. The average Bonchev–Trinajstić information content (AvgIpc) is 2.89. The van der Waals surface area contributed by atoms with E-state index in [2.05, 4.69) is 14.6 Å². The van der Waals surface area contributed by atoms with E-state index in [1.807, 2.05) is 18.3 Å². The lowest BCUT2D eigenvalue weighted by Crippen LogP contribution is -2.27. The Morgan fingerprint density at radius 3 is 2.75 bits per heavy atom. The fourth-order valence-electron chi connectivity index (χ4n) is 4.31. The number of nitrogen functional groups attached to an aromatic ring is 1. The van der Waals surface area contributed by atoms with Crippen LogP contribution < -0.4 is 5.73 Å². The number of nitrogens with zero attached hydrogens (tertiary/aromatic N) is 3. The lowest BCUT2D eigenvalue weighted by Gasteiger charge is -2.38. The van der Waals surface area contributed by atoms with E-state index in [0.29, 0.717) is 5.92 Å². The van der Waals surface area contributed by atoms with Gasteiger partial charge in [-0.1, -0.05) is 25.7 Å². The number of nitrogens with two attached hydrogens (primary N) is 1. The highest BCUT2D eigenvalue weighted by Gasteiger charge is 2.34. The molecule has 2 fully saturated rings. The molecular formula is C16H22N4. The largest absolute Gasteiger partial charge is 0.398 e. The van der Waals surface area contributed by atoms with E-state index < -0.39 is 0 Å². The van der Waals surface area contributed by atoms with Gasteiger partial charge in [0.25, 0.3) is 0 Å². The maximum absolute atomic E-state index is 5.91. The van der Waals surface area contributed by atoms with E-state index in [1.54, 1.807) is 0 Å². The topological polar surface area (TPSA) is 56.2 Å². The molecule has 20 heavy (non-hydrogen) atoms. The third-order valence-electron chi connectivity index (χ3n) is 5.36. The molecule has 2 aliphatic rings. The normalized spacial score (nSPS) is 30.3. The SMILES string of the molecule is Nc1ccc2nnc(C3CCC4CCCCC4C3)n2c1. The molecule has 2 saturated carbocycles. The second-order valence-electron chi connectivity index (χ2n) is 6.56. The van der Waals surface area contributed by atoms with Gasteiger partial charge in [-0.25, -0.2) is 0 Å². The Kier molecular flexibility index (Phi) is 2.90. The van der Waals surface area contributed by atoms with Crippen LogP contribution in [0.1, 0.15) is 56.7 Å². The quantitative estimate of drug-likeness (QED) is 0.864. The fourth-order valence-corrected chi connectivity index (χ4v) is 4.31. The molecular weight excluding hydrogens is 248 g/mol. The molecule has 0 aromatic carbocycles. The standard InChI is InChI=1S/C16H22N4/c17-14-7-8-15-18-19-16(20(15)10-14)13-6-5-11-3-1-2-4-12(11)9-13/h7-8,10-13H,1-6,9,17H2. The van der Waals surface area contributed by atoms with Gasteiger partial charge < -0.3 is 5.73 Å². The van der Waals surface area contributed by atoms with E-state index in [4.69, 9.17) is 5.73 Å². The number of hydrogen-bond acceptors (Lipinski definition) is 3. The minimum Gasteiger partial charge on any atom is -0.398 e. The summed E-state index contributed by atoms with van der Waals surface area (Å²) in [5.41, 5.74) is 7.61. The molecule has 3 atom stereocenters. The molecule has 0 amide bonds. The van der Waals surface area contributed by atoms with E-state index in [0.717, 1.165) is 29.0 Å². The molecule has 0 aliphatic heterocycles. The minimum atomic E-state index is 0.561. The van der Waals surface area contributed by atoms with Gasteiger partial charge in [-0.2, -0.15) is 0 Å². The van der Waals surface area contributed by atoms with Crippen LogP contribution >= 0.6 is 0 Å². The third-order valence-corrected chi connectivity index (χ3v) is 5.36. The Morgan fingerprint density at radius 2 is 1.85 bits per heavy atom. The maximum Gasteiger partial charge on any atom is 0.160 e. The fraction of sp³-hybridized carbons (Fsp3) is 0.625. The van der Waals surface area contributed by atoms with Crippen molar-refractivity contribution in [2.24, 2.45) is 11.8 Å². The van der Waals surface area contributed by atoms with Gasteiger partial charge in [0, 0.05) is 17.8 Å². The molecule has 4 heteroatoms. The van der Waals surface area contributed by atoms with Gasteiger partial charge in [0.15, 0.2) is 5.65 Å². The van der Waals surface area contributed by atoms with Crippen molar-refractivity contribution in [1.29, 1.82) is 0 Å². The molecule has 0 bridgehead atoms. The summed E-state index contributed by atoms with van der Waals surface area (Å²) in [4.78, 5) is 0. The van der Waals surface area contributed by atoms with Gasteiger partial charge in [0.05, 0.1) is 0 Å². The molecule has 0 radical (unpaired) electrons. The van der Waals surface area contributed by atoms with Crippen molar-refractivity contribution in [3.05, 3.63) is 24.2 Å². The van der Waals surface area contributed by atoms with Gasteiger partial charge in [0.1, 0.15) is 5.82 Å². The molecule has 4 rings (SSSR count). The smallest absolute Gasteiger partial charge is 0.160 e. The molecule has 2 aromatic rings. The monoisotopic (exact) mass is 270 g/mol. The summed E-state index contributed by atoms with van der Waals surface area (Å²) in [5, 5.41) is 8.75. The van der Waals surface area contributed by atoms with Gasteiger partial charge >= 0.3 is 0 Å². The zero-order valence-electron chi connectivity index (χ0n) is 11.8. The van der Waals surface area contributed by atoms with Crippen molar-refractivity contribution < 1.29 is 0 Å². The summed E-state index contributed by atoms with van der Waals surface area (Å²) in [6, 6.07) is 3.85. The predicted octanol–water partition coefficient (Wildman–Crippen LogP) is 3.39. The van der Waals surface area contributed by atoms with Crippen molar-refractivity contribution in [2.75, 3.05) is 5.73 Å². The molecule has 4 nitrogen and oxygen atoms in total. The van der Waals surface area contributed by atoms with E-state index in [-0.39, 0.29) is 0 Å². The van der Waals surface area contributed by atoms with Gasteiger partial charge in [0.2, 0.25) is 0 Å². The average molecular weight is 270 g/mol. The first-order valence-corrected chi connectivity index (χ1v) is 7.91. The molecule has 106 valence electrons. The molecule has 3 unspecified atom stereocenters. The number of aromatic nitrogens is 3. The van der Waals surface area contributed by atoms with E-state index >= 15 is 0 Å². The highest BCUT2D eigenvalue weighted by molar-refractivity contribution is 5.47. The molecule has 2 aliphatic carbocycles. The molecule has 2 N–H and O–H groups in total. The summed E-state index contributed by atoms with van der Waals surface area (Å²) in [7, 11) is 0. The van der Waals surface area contributed by atoms with Gasteiger partial charge in [-0.05, 0) is 43.2 Å². The van der Waals surface area contributed by atoms with Crippen LogP contribution in [0, 0.1) is 11.8 Å². The highest BCUT2D eigenvalue weighted by Crippen LogP contribution is 2.45. The number of hydrogen-bond donors (Lipinski definition) is 1. The maximum atomic E-state index is 5.91. The van der Waals surface area contributed by atoms with Crippen LogP contribution in [-0.4, -0.2) is 14.6 Å². The molecule has 0 spiro atoms. The number of anilines is 1. The Balaban J connectivity index is 1.64. The summed E-state index contributed by atoms with van der Waals surface area (Å²) in [6.07, 6.45) is 11.6. The zero-order chi connectivity index (χ0) is 13.5. The Bertz CT molecular complexity index is 618. The zero-order valence-corrected chi connectivity index (χ0v) is 11.8. The summed E-state index contributed by atoms with van der Waals surface area (Å²) in [6.45, 7) is 0. The second kappa shape index (κ2) is 4.76. The van der Waals surface area contributed by atoms with E-state index in [9.17, 15) is 0 Å². The Labute approximate surface area is 119 Å². The first-order valence-electron chi connectivity index (χ1n) is 7.91. The van der Waals surface area contributed by atoms with Crippen LogP contribution in [0.5, 0.6) is 0 Å². The van der Waals surface area contributed by atoms with Crippen LogP contribution in [-0.2, 0) is 0 Å². The number of pyridine rings is 1. The van der Waals surface area contributed by atoms with Crippen molar-refractivity contribution in [1.82, 2.24) is 14.6 Å². The number of fused-ring (bicyclic) bond motifs is 2. The van der Waals surface area contributed by atoms with Gasteiger partial charge in [-0.15, -0.1) is 10.2 Å². The van der Waals surface area contributed by atoms with E-state index in [1.165, 1.54) is 44.9 Å². The van der Waals surface area contributed by atoms with Crippen LogP contribution in [0.3, 0.4) is 0 Å². The Morgan fingerprint density at radius 1 is 1.00 bits per heavy atom. The van der Waals surface area contributed by atoms with Crippen LogP contribution in [0.2, 0.25) is 0 Å².